The molecule has 13 heteroatoms. The second-order valence-electron chi connectivity index (χ2n) is 7.91. The third-order valence-corrected chi connectivity index (χ3v) is 9.13. The van der Waals surface area contributed by atoms with E-state index in [1.807, 2.05) is 6.92 Å². The number of halogens is 4. The van der Waals surface area contributed by atoms with Crippen LogP contribution in [0, 0.1) is 0 Å². The SMILES string of the molecule is CC1(NS(=O)(=O)c2cc(Cl)c3nc(C4CC4)c(-c4nnc(C(F)(F)F)[se]4)n3c2)CC1. The van der Waals surface area contributed by atoms with Gasteiger partial charge in [0.15, 0.2) is 0 Å². The average molecular weight is 525 g/mol. The van der Waals surface area contributed by atoms with E-state index in [0.29, 0.717) is 17.0 Å². The van der Waals surface area contributed by atoms with Gasteiger partial charge in [0.25, 0.3) is 0 Å². The third-order valence-electron chi connectivity index (χ3n) is 5.20. The number of imidazole rings is 1. The van der Waals surface area contributed by atoms with E-state index >= 15 is 0 Å². The van der Waals surface area contributed by atoms with Gasteiger partial charge in [0.05, 0.1) is 0 Å². The number of rotatable bonds is 5. The van der Waals surface area contributed by atoms with Gasteiger partial charge in [-0.2, -0.15) is 0 Å². The van der Waals surface area contributed by atoms with Gasteiger partial charge in [-0.1, -0.05) is 0 Å². The third kappa shape index (κ3) is 3.58. The van der Waals surface area contributed by atoms with Crippen LogP contribution in [-0.2, 0) is 16.2 Å². The van der Waals surface area contributed by atoms with Gasteiger partial charge in [0, 0.05) is 0 Å². The molecule has 0 saturated heterocycles. The van der Waals surface area contributed by atoms with Crippen molar-refractivity contribution in [3.63, 3.8) is 0 Å². The average Bonchev–Trinajstić information content (AvgIpc) is 3.50. The summed E-state index contributed by atoms with van der Waals surface area (Å²) < 4.78 is 68.3. The van der Waals surface area contributed by atoms with Crippen molar-refractivity contribution < 1.29 is 21.6 Å². The number of fused-ring (bicyclic) bond motifs is 1. The van der Waals surface area contributed by atoms with E-state index in [4.69, 9.17) is 11.6 Å². The molecule has 2 aliphatic rings. The first-order valence-electron chi connectivity index (χ1n) is 9.13. The first-order valence-corrected chi connectivity index (χ1v) is 12.7. The molecule has 3 aromatic rings. The van der Waals surface area contributed by atoms with E-state index in [1.165, 1.54) is 16.7 Å². The fourth-order valence-electron chi connectivity index (χ4n) is 3.21. The van der Waals surface area contributed by atoms with Gasteiger partial charge >= 0.3 is 181 Å². The van der Waals surface area contributed by atoms with Crippen LogP contribution in [-0.4, -0.2) is 48.0 Å². The van der Waals surface area contributed by atoms with Crippen LogP contribution in [0.1, 0.15) is 48.8 Å². The Hall–Kier alpha value is -1.46. The van der Waals surface area contributed by atoms with Gasteiger partial charge in [-0.15, -0.1) is 0 Å². The van der Waals surface area contributed by atoms with E-state index in [0.717, 1.165) is 25.7 Å². The summed E-state index contributed by atoms with van der Waals surface area (Å²) in [6.45, 7) is 1.81. The van der Waals surface area contributed by atoms with Crippen molar-refractivity contribution in [2.45, 2.75) is 55.1 Å². The molecule has 0 unspecified atom stereocenters. The molecule has 2 saturated carbocycles. The number of sulfonamides is 1. The van der Waals surface area contributed by atoms with Gasteiger partial charge < -0.3 is 0 Å². The number of pyridine rings is 1. The van der Waals surface area contributed by atoms with Crippen molar-refractivity contribution >= 4 is 41.8 Å². The number of alkyl halides is 3. The topological polar surface area (TPSA) is 89.2 Å². The number of nitrogens with zero attached hydrogens (tertiary/aromatic N) is 4. The molecule has 0 amide bonds. The molecule has 2 fully saturated rings. The first-order chi connectivity index (χ1) is 14.0. The Kier molecular flexibility index (Phi) is 4.44. The summed E-state index contributed by atoms with van der Waals surface area (Å²) in [6, 6.07) is 1.32. The molecule has 0 aliphatic heterocycles. The van der Waals surface area contributed by atoms with Crippen molar-refractivity contribution in [2.75, 3.05) is 0 Å². The van der Waals surface area contributed by atoms with Crippen LogP contribution in [0.2, 0.25) is 5.02 Å². The zero-order valence-corrected chi connectivity index (χ0v) is 18.8. The van der Waals surface area contributed by atoms with Crippen LogP contribution in [0.25, 0.3) is 15.9 Å². The van der Waals surface area contributed by atoms with Crippen molar-refractivity contribution in [1.29, 1.82) is 0 Å². The summed E-state index contributed by atoms with van der Waals surface area (Å²) in [4.78, 5) is 4.46. The number of aromatic nitrogens is 4. The summed E-state index contributed by atoms with van der Waals surface area (Å²) >= 11 is 5.19. The molecule has 0 spiro atoms. The van der Waals surface area contributed by atoms with Gasteiger partial charge in [0.1, 0.15) is 0 Å². The molecule has 2 aliphatic carbocycles. The van der Waals surface area contributed by atoms with Crippen LogP contribution < -0.4 is 4.72 Å². The van der Waals surface area contributed by atoms with Crippen LogP contribution in [0.3, 0.4) is 0 Å². The van der Waals surface area contributed by atoms with Crippen molar-refractivity contribution in [2.24, 2.45) is 0 Å². The van der Waals surface area contributed by atoms with E-state index in [2.05, 4.69) is 19.9 Å². The molecular weight excluding hydrogens is 510 g/mol. The number of hydrogen-bond acceptors (Lipinski definition) is 5. The van der Waals surface area contributed by atoms with Crippen molar-refractivity contribution in [3.8, 4) is 10.3 Å². The van der Waals surface area contributed by atoms with Crippen LogP contribution in [0.4, 0.5) is 13.2 Å². The molecular formula is C17H15ClF3N5O2SSe. The number of hydrogen-bond donors (Lipinski definition) is 1. The normalized spacial score (nSPS) is 18.8. The van der Waals surface area contributed by atoms with Gasteiger partial charge in [-0.25, -0.2) is 0 Å². The molecule has 160 valence electrons. The fourth-order valence-corrected chi connectivity index (χ4v) is 6.61. The standard InChI is InChI=1S/C17H15ClF3N5O2SSe/c1-16(4-5-16)25-29(27,28)9-6-10(18)13-22-11(8-2-3-8)12(26(13)7-9)14-23-24-15(30-14)17(19,20)21/h6-8,25H,2-5H2,1H3. The zero-order valence-electron chi connectivity index (χ0n) is 15.5. The minimum absolute atomic E-state index is 0.0721. The maximum atomic E-state index is 13.1. The van der Waals surface area contributed by atoms with Crippen molar-refractivity contribution in [1.82, 2.24) is 24.3 Å². The van der Waals surface area contributed by atoms with Gasteiger partial charge in [-0.05, 0) is 0 Å². The summed E-state index contributed by atoms with van der Waals surface area (Å²) in [5.41, 5.74) is 0.773. The fraction of sp³-hybridized carbons (Fsp3) is 0.471. The van der Waals surface area contributed by atoms with E-state index in [1.54, 1.807) is 0 Å². The second-order valence-corrected chi connectivity index (χ2v) is 12.1. The van der Waals surface area contributed by atoms with Crippen molar-refractivity contribution in [3.05, 3.63) is 27.5 Å². The van der Waals surface area contributed by atoms with E-state index < -0.39 is 40.8 Å². The summed E-state index contributed by atoms with van der Waals surface area (Å²) in [6.07, 6.45) is -0.0168. The molecule has 5 rings (SSSR count). The number of nitrogens with one attached hydrogen (secondary N) is 1. The summed E-state index contributed by atoms with van der Waals surface area (Å²) in [5.74, 6) is 0.0907. The van der Waals surface area contributed by atoms with E-state index in [-0.39, 0.29) is 20.4 Å². The van der Waals surface area contributed by atoms with Gasteiger partial charge in [-0.3, -0.25) is 0 Å². The van der Waals surface area contributed by atoms with Crippen LogP contribution in [0.5, 0.6) is 0 Å². The van der Waals surface area contributed by atoms with Crippen LogP contribution >= 0.6 is 11.6 Å². The maximum absolute atomic E-state index is 13.1. The van der Waals surface area contributed by atoms with Gasteiger partial charge in [0.2, 0.25) is 0 Å². The van der Waals surface area contributed by atoms with Crippen LogP contribution in [0.15, 0.2) is 17.2 Å². The monoisotopic (exact) mass is 525 g/mol. The molecule has 1 N–H and O–H groups in total. The molecule has 3 heterocycles. The second kappa shape index (κ2) is 6.52. The molecule has 0 atom stereocenters. The molecule has 0 bridgehead atoms. The van der Waals surface area contributed by atoms with E-state index in [9.17, 15) is 21.6 Å². The Labute approximate surface area is 180 Å². The predicted octanol–water partition coefficient (Wildman–Crippen LogP) is 3.23. The molecule has 30 heavy (non-hydrogen) atoms. The Bertz CT molecular complexity index is 1280. The zero-order chi connectivity index (χ0) is 21.5. The molecule has 3 aromatic heterocycles. The Morgan fingerprint density at radius 1 is 1.30 bits per heavy atom. The quantitative estimate of drug-likeness (QED) is 0.518. The summed E-state index contributed by atoms with van der Waals surface area (Å²) in [7, 11) is -3.87. The minimum atomic E-state index is -4.55. The predicted molar refractivity (Wildman–Crippen MR) is 103 cm³/mol. The molecule has 0 radical (unpaired) electrons. The summed E-state index contributed by atoms with van der Waals surface area (Å²) in [5, 5.41) is 7.21. The molecule has 7 nitrogen and oxygen atoms in total. The molecule has 0 aromatic carbocycles. The Morgan fingerprint density at radius 2 is 2.00 bits per heavy atom. The Morgan fingerprint density at radius 3 is 2.57 bits per heavy atom. The Balaban J connectivity index is 1.70. The first kappa shape index (κ1) is 20.4.